The summed E-state index contributed by atoms with van der Waals surface area (Å²) in [6.07, 6.45) is 1.64. The van der Waals surface area contributed by atoms with Crippen molar-refractivity contribution in [2.45, 2.75) is 6.54 Å². The highest BCUT2D eigenvalue weighted by Crippen LogP contribution is 2.29. The standard InChI is InChI=1S/C21H19ClN2O4/c1-27-18-9-8-16(12-19(18)28-2)23-20(25)17-7-4-10-24(21(17)26)13-14-5-3-6-15(22)11-14/h3-12H,13H2,1-2H3,(H,23,25). The van der Waals surface area contributed by atoms with Gasteiger partial charge in [-0.15, -0.1) is 0 Å². The van der Waals surface area contributed by atoms with Gasteiger partial charge in [0.1, 0.15) is 5.56 Å². The predicted molar refractivity (Wildman–Crippen MR) is 109 cm³/mol. The van der Waals surface area contributed by atoms with E-state index in [2.05, 4.69) is 5.32 Å². The summed E-state index contributed by atoms with van der Waals surface area (Å²) in [6, 6.07) is 15.4. The lowest BCUT2D eigenvalue weighted by molar-refractivity contribution is 0.102. The highest BCUT2D eigenvalue weighted by Gasteiger charge is 2.14. The Balaban J connectivity index is 1.84. The molecule has 0 spiro atoms. The van der Waals surface area contributed by atoms with Gasteiger partial charge in [-0.1, -0.05) is 23.7 Å². The van der Waals surface area contributed by atoms with Crippen LogP contribution in [0.25, 0.3) is 0 Å². The molecule has 0 atom stereocenters. The third-order valence-electron chi connectivity index (χ3n) is 4.15. The first-order valence-corrected chi connectivity index (χ1v) is 8.87. The van der Waals surface area contributed by atoms with Gasteiger partial charge in [-0.2, -0.15) is 0 Å². The zero-order valence-electron chi connectivity index (χ0n) is 15.4. The van der Waals surface area contributed by atoms with Gasteiger partial charge in [0.15, 0.2) is 11.5 Å². The van der Waals surface area contributed by atoms with E-state index < -0.39 is 5.91 Å². The predicted octanol–water partition coefficient (Wildman–Crippen LogP) is 3.82. The topological polar surface area (TPSA) is 69.6 Å². The van der Waals surface area contributed by atoms with Crippen molar-refractivity contribution >= 4 is 23.2 Å². The number of carbonyl (C=O) groups excluding carboxylic acids is 1. The Morgan fingerprint density at radius 3 is 2.54 bits per heavy atom. The van der Waals surface area contributed by atoms with Crippen molar-refractivity contribution in [1.29, 1.82) is 0 Å². The van der Waals surface area contributed by atoms with Gasteiger partial charge in [0, 0.05) is 23.0 Å². The Bertz CT molecular complexity index is 1060. The maximum absolute atomic E-state index is 12.7. The minimum absolute atomic E-state index is 0.0410. The molecule has 0 fully saturated rings. The lowest BCUT2D eigenvalue weighted by atomic mass is 10.2. The monoisotopic (exact) mass is 398 g/mol. The summed E-state index contributed by atoms with van der Waals surface area (Å²) in [5.74, 6) is 0.522. The molecule has 0 aliphatic carbocycles. The smallest absolute Gasteiger partial charge is 0.263 e. The Kier molecular flexibility index (Phi) is 6.01. The van der Waals surface area contributed by atoms with Crippen molar-refractivity contribution in [2.24, 2.45) is 0 Å². The van der Waals surface area contributed by atoms with E-state index in [1.807, 2.05) is 12.1 Å². The number of nitrogens with zero attached hydrogens (tertiary/aromatic N) is 1. The Labute approximate surface area is 167 Å². The Morgan fingerprint density at radius 1 is 1.04 bits per heavy atom. The molecule has 144 valence electrons. The van der Waals surface area contributed by atoms with Crippen molar-refractivity contribution in [3.63, 3.8) is 0 Å². The molecule has 1 aromatic heterocycles. The number of methoxy groups -OCH3 is 2. The van der Waals surface area contributed by atoms with E-state index >= 15 is 0 Å². The van der Waals surface area contributed by atoms with Crippen LogP contribution < -0.4 is 20.3 Å². The summed E-state index contributed by atoms with van der Waals surface area (Å²) in [5, 5.41) is 3.31. The van der Waals surface area contributed by atoms with Gasteiger partial charge in [-0.3, -0.25) is 9.59 Å². The first-order chi connectivity index (χ1) is 13.5. The van der Waals surface area contributed by atoms with Gasteiger partial charge < -0.3 is 19.4 Å². The fraction of sp³-hybridized carbons (Fsp3) is 0.143. The van der Waals surface area contributed by atoms with Gasteiger partial charge in [0.05, 0.1) is 20.8 Å². The van der Waals surface area contributed by atoms with Crippen molar-refractivity contribution in [1.82, 2.24) is 4.57 Å². The molecule has 28 heavy (non-hydrogen) atoms. The third kappa shape index (κ3) is 4.35. The number of aromatic nitrogens is 1. The van der Waals surface area contributed by atoms with Crippen LogP contribution in [0, 0.1) is 0 Å². The van der Waals surface area contributed by atoms with Crippen LogP contribution >= 0.6 is 11.6 Å². The van der Waals surface area contributed by atoms with Crippen LogP contribution in [-0.2, 0) is 6.54 Å². The van der Waals surface area contributed by atoms with E-state index in [1.54, 1.807) is 42.6 Å². The van der Waals surface area contributed by atoms with Crippen LogP contribution in [0.1, 0.15) is 15.9 Å². The Hall–Kier alpha value is -3.25. The quantitative estimate of drug-likeness (QED) is 0.685. The number of hydrogen-bond acceptors (Lipinski definition) is 4. The van der Waals surface area contributed by atoms with E-state index in [4.69, 9.17) is 21.1 Å². The van der Waals surface area contributed by atoms with Gasteiger partial charge in [0.2, 0.25) is 0 Å². The molecule has 6 nitrogen and oxygen atoms in total. The number of halogens is 1. The molecule has 0 bridgehead atoms. The molecule has 0 aliphatic rings. The molecule has 0 saturated heterocycles. The van der Waals surface area contributed by atoms with E-state index in [0.29, 0.717) is 28.8 Å². The molecule has 2 aromatic carbocycles. The second-order valence-electron chi connectivity index (χ2n) is 6.01. The Morgan fingerprint density at radius 2 is 1.82 bits per heavy atom. The van der Waals surface area contributed by atoms with Crippen LogP contribution in [0.4, 0.5) is 5.69 Å². The highest BCUT2D eigenvalue weighted by atomic mass is 35.5. The van der Waals surface area contributed by atoms with Gasteiger partial charge in [-0.25, -0.2) is 0 Å². The number of pyridine rings is 1. The highest BCUT2D eigenvalue weighted by molar-refractivity contribution is 6.30. The fourth-order valence-corrected chi connectivity index (χ4v) is 2.99. The molecule has 0 aliphatic heterocycles. The normalized spacial score (nSPS) is 10.4. The number of rotatable bonds is 6. The zero-order chi connectivity index (χ0) is 20.1. The first kappa shape index (κ1) is 19.5. The van der Waals surface area contributed by atoms with Crippen LogP contribution in [0.15, 0.2) is 65.6 Å². The average Bonchev–Trinajstić information content (AvgIpc) is 2.69. The number of carbonyl (C=O) groups is 1. The largest absolute Gasteiger partial charge is 0.493 e. The van der Waals surface area contributed by atoms with Crippen LogP contribution in [0.2, 0.25) is 5.02 Å². The van der Waals surface area contributed by atoms with Crippen molar-refractivity contribution < 1.29 is 14.3 Å². The molecule has 7 heteroatoms. The minimum Gasteiger partial charge on any atom is -0.493 e. The van der Waals surface area contributed by atoms with E-state index in [0.717, 1.165) is 5.56 Å². The van der Waals surface area contributed by atoms with Crippen LogP contribution in [-0.4, -0.2) is 24.7 Å². The summed E-state index contributed by atoms with van der Waals surface area (Å²) in [5.41, 5.74) is 1.01. The van der Waals surface area contributed by atoms with Crippen molar-refractivity contribution in [3.8, 4) is 11.5 Å². The molecular formula is C21H19ClN2O4. The SMILES string of the molecule is COc1ccc(NC(=O)c2cccn(Cc3cccc(Cl)c3)c2=O)cc1OC. The molecule has 1 heterocycles. The number of amides is 1. The minimum atomic E-state index is -0.502. The molecule has 1 N–H and O–H groups in total. The molecule has 3 rings (SSSR count). The molecule has 1 amide bonds. The maximum Gasteiger partial charge on any atom is 0.263 e. The van der Waals surface area contributed by atoms with Crippen molar-refractivity contribution in [3.05, 3.63) is 87.3 Å². The maximum atomic E-state index is 12.7. The molecule has 3 aromatic rings. The number of anilines is 1. The average molecular weight is 399 g/mol. The molecular weight excluding hydrogens is 380 g/mol. The van der Waals surface area contributed by atoms with Gasteiger partial charge >= 0.3 is 0 Å². The lowest BCUT2D eigenvalue weighted by Gasteiger charge is -2.11. The summed E-state index contributed by atoms with van der Waals surface area (Å²) >= 11 is 6.00. The second kappa shape index (κ2) is 8.63. The molecule has 0 saturated carbocycles. The van der Waals surface area contributed by atoms with Crippen LogP contribution in [0.3, 0.4) is 0 Å². The molecule has 0 radical (unpaired) electrons. The van der Waals surface area contributed by atoms with Gasteiger partial charge in [-0.05, 0) is 42.0 Å². The number of ether oxygens (including phenoxy) is 2. The zero-order valence-corrected chi connectivity index (χ0v) is 16.2. The lowest BCUT2D eigenvalue weighted by Crippen LogP contribution is -2.29. The molecule has 0 unspecified atom stereocenters. The first-order valence-electron chi connectivity index (χ1n) is 8.49. The second-order valence-corrected chi connectivity index (χ2v) is 6.45. The van der Waals surface area contributed by atoms with E-state index in [9.17, 15) is 9.59 Å². The number of hydrogen-bond donors (Lipinski definition) is 1. The third-order valence-corrected chi connectivity index (χ3v) is 4.38. The van der Waals surface area contributed by atoms with Crippen LogP contribution in [0.5, 0.6) is 11.5 Å². The number of nitrogens with one attached hydrogen (secondary N) is 1. The summed E-state index contributed by atoms with van der Waals surface area (Å²) in [7, 11) is 3.04. The summed E-state index contributed by atoms with van der Waals surface area (Å²) < 4.78 is 11.9. The number of benzene rings is 2. The van der Waals surface area contributed by atoms with E-state index in [1.165, 1.54) is 24.9 Å². The van der Waals surface area contributed by atoms with Gasteiger partial charge in [0.25, 0.3) is 11.5 Å². The fourth-order valence-electron chi connectivity index (χ4n) is 2.78. The van der Waals surface area contributed by atoms with E-state index in [-0.39, 0.29) is 11.1 Å². The summed E-state index contributed by atoms with van der Waals surface area (Å²) in [4.78, 5) is 25.4. The summed E-state index contributed by atoms with van der Waals surface area (Å²) in [6.45, 7) is 0.316. The van der Waals surface area contributed by atoms with Crippen molar-refractivity contribution in [2.75, 3.05) is 19.5 Å².